The van der Waals surface area contributed by atoms with Crippen molar-refractivity contribution >= 4 is 28.5 Å². The van der Waals surface area contributed by atoms with Gasteiger partial charge in [0, 0.05) is 21.9 Å². The van der Waals surface area contributed by atoms with E-state index < -0.39 is 0 Å². The second kappa shape index (κ2) is 6.70. The minimum atomic E-state index is 0.563. The summed E-state index contributed by atoms with van der Waals surface area (Å²) in [6.07, 6.45) is 1.03. The summed E-state index contributed by atoms with van der Waals surface area (Å²) in [5.74, 6) is 1.96. The molecule has 0 bridgehead atoms. The van der Waals surface area contributed by atoms with Crippen LogP contribution in [-0.2, 0) is 0 Å². The molecule has 0 aliphatic carbocycles. The molecule has 0 amide bonds. The highest BCUT2D eigenvalue weighted by atomic mass is 127. The van der Waals surface area contributed by atoms with E-state index in [4.69, 9.17) is 4.74 Å². The average molecular weight is 369 g/mol. The van der Waals surface area contributed by atoms with Crippen LogP contribution >= 0.6 is 22.6 Å². The van der Waals surface area contributed by atoms with Crippen LogP contribution in [0.5, 0.6) is 11.6 Å². The molecule has 0 atom stereocenters. The van der Waals surface area contributed by atoms with E-state index >= 15 is 0 Å². The fourth-order valence-electron chi connectivity index (χ4n) is 1.56. The summed E-state index contributed by atoms with van der Waals surface area (Å²) in [5.41, 5.74) is 0.884. The van der Waals surface area contributed by atoms with E-state index in [1.54, 1.807) is 0 Å². The monoisotopic (exact) mass is 369 g/mol. The maximum Gasteiger partial charge on any atom is 0.226 e. The quantitative estimate of drug-likeness (QED) is 0.810. The summed E-state index contributed by atoms with van der Waals surface area (Å²) < 4.78 is 6.89. The zero-order valence-corrected chi connectivity index (χ0v) is 13.1. The Hall–Kier alpha value is -1.37. The van der Waals surface area contributed by atoms with Crippen molar-refractivity contribution in [3.63, 3.8) is 0 Å². The molecule has 1 N–H and O–H groups in total. The summed E-state index contributed by atoms with van der Waals surface area (Å²) in [6, 6.07) is 9.70. The van der Waals surface area contributed by atoms with Crippen LogP contribution in [0.3, 0.4) is 0 Å². The second-order valence-electron chi connectivity index (χ2n) is 4.16. The molecule has 5 heteroatoms. The van der Waals surface area contributed by atoms with Gasteiger partial charge in [-0.05, 0) is 54.1 Å². The molecule has 0 saturated heterocycles. The lowest BCUT2D eigenvalue weighted by molar-refractivity contribution is 0.461. The molecular weight excluding hydrogens is 353 g/mol. The SMILES string of the molecule is CCCNc1nc(C)cc(Oc2cccc(I)c2)n1. The lowest BCUT2D eigenvalue weighted by Gasteiger charge is -2.08. The number of nitrogens with one attached hydrogen (secondary N) is 1. The van der Waals surface area contributed by atoms with Crippen molar-refractivity contribution in [1.82, 2.24) is 9.97 Å². The number of rotatable bonds is 5. The Bertz CT molecular complexity index is 560. The Morgan fingerprint density at radius 2 is 2.11 bits per heavy atom. The first-order chi connectivity index (χ1) is 9.17. The fraction of sp³-hybridized carbons (Fsp3) is 0.286. The standard InChI is InChI=1S/C14H16IN3O/c1-3-7-16-14-17-10(2)8-13(18-14)19-12-6-4-5-11(15)9-12/h4-6,8-9H,3,7H2,1-2H3,(H,16,17,18). The van der Waals surface area contributed by atoms with E-state index in [2.05, 4.69) is 44.8 Å². The van der Waals surface area contributed by atoms with E-state index in [1.807, 2.05) is 37.3 Å². The third-order valence-electron chi connectivity index (χ3n) is 2.38. The molecule has 100 valence electrons. The van der Waals surface area contributed by atoms with Gasteiger partial charge >= 0.3 is 0 Å². The van der Waals surface area contributed by atoms with Gasteiger partial charge in [-0.3, -0.25) is 0 Å². The van der Waals surface area contributed by atoms with Crippen LogP contribution in [0.4, 0.5) is 5.95 Å². The highest BCUT2D eigenvalue weighted by Gasteiger charge is 2.04. The smallest absolute Gasteiger partial charge is 0.226 e. The van der Waals surface area contributed by atoms with Crippen LogP contribution in [-0.4, -0.2) is 16.5 Å². The van der Waals surface area contributed by atoms with Crippen LogP contribution in [0.25, 0.3) is 0 Å². The second-order valence-corrected chi connectivity index (χ2v) is 5.40. The van der Waals surface area contributed by atoms with Gasteiger partial charge in [-0.15, -0.1) is 0 Å². The summed E-state index contributed by atoms with van der Waals surface area (Å²) in [5, 5.41) is 3.17. The molecule has 0 aliphatic heterocycles. The van der Waals surface area contributed by atoms with E-state index in [0.717, 1.165) is 28.0 Å². The Morgan fingerprint density at radius 3 is 2.84 bits per heavy atom. The van der Waals surface area contributed by atoms with Crippen molar-refractivity contribution in [3.05, 3.63) is 39.6 Å². The number of anilines is 1. The first kappa shape index (κ1) is 14.0. The molecule has 0 aliphatic rings. The fourth-order valence-corrected chi connectivity index (χ4v) is 2.07. The molecule has 0 fully saturated rings. The van der Waals surface area contributed by atoms with E-state index in [9.17, 15) is 0 Å². The summed E-state index contributed by atoms with van der Waals surface area (Å²) in [4.78, 5) is 8.68. The van der Waals surface area contributed by atoms with Crippen molar-refractivity contribution < 1.29 is 4.74 Å². The summed E-state index contributed by atoms with van der Waals surface area (Å²) in [7, 11) is 0. The predicted molar refractivity (Wildman–Crippen MR) is 84.8 cm³/mol. The number of hydrogen-bond acceptors (Lipinski definition) is 4. The lowest BCUT2D eigenvalue weighted by Crippen LogP contribution is -2.05. The highest BCUT2D eigenvalue weighted by molar-refractivity contribution is 14.1. The molecule has 19 heavy (non-hydrogen) atoms. The third-order valence-corrected chi connectivity index (χ3v) is 3.05. The molecule has 4 nitrogen and oxygen atoms in total. The first-order valence-corrected chi connectivity index (χ1v) is 7.28. The molecule has 0 unspecified atom stereocenters. The van der Waals surface area contributed by atoms with Crippen molar-refractivity contribution in [2.75, 3.05) is 11.9 Å². The minimum Gasteiger partial charge on any atom is -0.439 e. The van der Waals surface area contributed by atoms with E-state index in [0.29, 0.717) is 11.8 Å². The molecule has 1 aromatic heterocycles. The Labute approximate surface area is 126 Å². The van der Waals surface area contributed by atoms with Crippen molar-refractivity contribution in [1.29, 1.82) is 0 Å². The minimum absolute atomic E-state index is 0.563. The average Bonchev–Trinajstić information content (AvgIpc) is 2.35. The van der Waals surface area contributed by atoms with Crippen LogP contribution < -0.4 is 10.1 Å². The maximum atomic E-state index is 5.76. The number of aryl methyl sites for hydroxylation is 1. The number of aromatic nitrogens is 2. The highest BCUT2D eigenvalue weighted by Crippen LogP contribution is 2.22. The van der Waals surface area contributed by atoms with Crippen LogP contribution in [0.15, 0.2) is 30.3 Å². The van der Waals surface area contributed by atoms with Gasteiger partial charge < -0.3 is 10.1 Å². The Balaban J connectivity index is 2.17. The molecule has 0 saturated carbocycles. The zero-order valence-electron chi connectivity index (χ0n) is 11.0. The molecule has 2 aromatic rings. The topological polar surface area (TPSA) is 47.0 Å². The van der Waals surface area contributed by atoms with Crippen LogP contribution in [0.1, 0.15) is 19.0 Å². The molecule has 1 aromatic carbocycles. The van der Waals surface area contributed by atoms with Gasteiger partial charge in [-0.2, -0.15) is 4.98 Å². The molecule has 0 radical (unpaired) electrons. The Kier molecular flexibility index (Phi) is 4.95. The van der Waals surface area contributed by atoms with E-state index in [1.165, 1.54) is 0 Å². The van der Waals surface area contributed by atoms with Gasteiger partial charge in [-0.1, -0.05) is 13.0 Å². The van der Waals surface area contributed by atoms with Crippen LogP contribution in [0.2, 0.25) is 0 Å². The zero-order chi connectivity index (χ0) is 13.7. The predicted octanol–water partition coefficient (Wildman–Crippen LogP) is 4.00. The van der Waals surface area contributed by atoms with Gasteiger partial charge in [0.25, 0.3) is 0 Å². The summed E-state index contributed by atoms with van der Waals surface area (Å²) >= 11 is 2.25. The van der Waals surface area contributed by atoms with Crippen molar-refractivity contribution in [2.45, 2.75) is 20.3 Å². The lowest BCUT2D eigenvalue weighted by atomic mass is 10.3. The first-order valence-electron chi connectivity index (χ1n) is 6.20. The van der Waals surface area contributed by atoms with Gasteiger partial charge in [0.15, 0.2) is 0 Å². The summed E-state index contributed by atoms with van der Waals surface area (Å²) in [6.45, 7) is 4.89. The van der Waals surface area contributed by atoms with Crippen molar-refractivity contribution in [3.8, 4) is 11.6 Å². The number of halogens is 1. The number of benzene rings is 1. The number of nitrogens with zero attached hydrogens (tertiary/aromatic N) is 2. The third kappa shape index (κ3) is 4.34. The Morgan fingerprint density at radius 1 is 1.26 bits per heavy atom. The number of hydrogen-bond donors (Lipinski definition) is 1. The van der Waals surface area contributed by atoms with E-state index in [-0.39, 0.29) is 0 Å². The van der Waals surface area contributed by atoms with Gasteiger partial charge in [0.05, 0.1) is 0 Å². The molecule has 2 rings (SSSR count). The van der Waals surface area contributed by atoms with Gasteiger partial charge in [0.2, 0.25) is 11.8 Å². The molecular formula is C14H16IN3O. The molecule has 0 spiro atoms. The largest absolute Gasteiger partial charge is 0.439 e. The van der Waals surface area contributed by atoms with Gasteiger partial charge in [-0.25, -0.2) is 4.98 Å². The maximum absolute atomic E-state index is 5.76. The van der Waals surface area contributed by atoms with Gasteiger partial charge in [0.1, 0.15) is 5.75 Å². The van der Waals surface area contributed by atoms with Crippen LogP contribution in [0, 0.1) is 10.5 Å². The normalized spacial score (nSPS) is 10.3. The molecule has 1 heterocycles. The van der Waals surface area contributed by atoms with Crippen molar-refractivity contribution in [2.24, 2.45) is 0 Å². The number of ether oxygens (including phenoxy) is 1.